The molecule has 0 aliphatic carbocycles. The molecule has 0 saturated carbocycles. The number of urea groups is 2. The first-order valence-electron chi connectivity index (χ1n) is 9.50. The number of nitrogens with one attached hydrogen (secondary N) is 4. The van der Waals surface area contributed by atoms with Crippen molar-refractivity contribution in [1.29, 1.82) is 0 Å². The molecule has 0 spiro atoms. The maximum Gasteiger partial charge on any atom is 0.320 e. The molecule has 0 radical (unpaired) electrons. The minimum Gasteiger partial charge on any atom is -0.345 e. The van der Waals surface area contributed by atoms with Gasteiger partial charge in [0, 0.05) is 41.8 Å². The first kappa shape index (κ1) is 18.1. The van der Waals surface area contributed by atoms with Crippen LogP contribution in [0.4, 0.5) is 15.3 Å². The van der Waals surface area contributed by atoms with Crippen molar-refractivity contribution < 1.29 is 14.4 Å². The van der Waals surface area contributed by atoms with Gasteiger partial charge in [-0.3, -0.25) is 9.69 Å². The van der Waals surface area contributed by atoms with Crippen LogP contribution in [0.2, 0.25) is 0 Å². The first-order chi connectivity index (χ1) is 13.5. The van der Waals surface area contributed by atoms with E-state index in [0.29, 0.717) is 0 Å². The number of aryl methyl sites for hydroxylation is 2. The van der Waals surface area contributed by atoms with Gasteiger partial charge in [-0.1, -0.05) is 6.92 Å². The van der Waals surface area contributed by atoms with Gasteiger partial charge in [0.05, 0.1) is 0 Å². The van der Waals surface area contributed by atoms with Gasteiger partial charge in [-0.25, -0.2) is 9.59 Å². The van der Waals surface area contributed by atoms with E-state index in [1.54, 1.807) is 0 Å². The van der Waals surface area contributed by atoms with E-state index < -0.39 is 12.3 Å². The monoisotopic (exact) mass is 384 g/mol. The zero-order valence-electron chi connectivity index (χ0n) is 15.9. The van der Waals surface area contributed by atoms with Crippen LogP contribution in [-0.2, 0) is 11.3 Å². The van der Waals surface area contributed by atoms with Crippen molar-refractivity contribution in [2.24, 2.45) is 0 Å². The van der Waals surface area contributed by atoms with Crippen molar-refractivity contribution in [3.05, 3.63) is 30.0 Å². The molecule has 3 heterocycles. The van der Waals surface area contributed by atoms with Crippen LogP contribution in [0.3, 0.4) is 0 Å². The van der Waals surface area contributed by atoms with E-state index in [4.69, 9.17) is 0 Å². The Labute approximate surface area is 162 Å². The molecule has 4 N–H and O–H groups in total. The highest BCUT2D eigenvalue weighted by atomic mass is 16.2. The number of carbonyl (C=O) groups is 3. The lowest BCUT2D eigenvalue weighted by Crippen LogP contribution is -2.44. The summed E-state index contributed by atoms with van der Waals surface area (Å²) >= 11 is 0. The van der Waals surface area contributed by atoms with E-state index in [9.17, 15) is 14.4 Å². The molecule has 2 aromatic rings. The fraction of sp³-hybridized carbons (Fsp3) is 0.421. The highest BCUT2D eigenvalue weighted by Crippen LogP contribution is 2.24. The third kappa shape index (κ3) is 3.23. The average Bonchev–Trinajstić information content (AvgIpc) is 3.23. The number of amides is 5. The van der Waals surface area contributed by atoms with Crippen molar-refractivity contribution in [3.63, 3.8) is 0 Å². The molecule has 2 saturated heterocycles. The molecule has 5 amide bonds. The molecule has 2 aliphatic rings. The molecular weight excluding hydrogens is 360 g/mol. The normalized spacial score (nSPS) is 20.7. The molecule has 2 atom stereocenters. The molecule has 148 valence electrons. The van der Waals surface area contributed by atoms with Gasteiger partial charge < -0.3 is 25.8 Å². The van der Waals surface area contributed by atoms with Crippen LogP contribution in [0.25, 0.3) is 10.9 Å². The number of aromatic nitrogens is 1. The highest BCUT2D eigenvalue weighted by molar-refractivity contribution is 5.94. The second-order valence-corrected chi connectivity index (χ2v) is 7.19. The fourth-order valence-electron chi connectivity index (χ4n) is 3.89. The Balaban J connectivity index is 1.38. The zero-order chi connectivity index (χ0) is 19.8. The maximum atomic E-state index is 12.4. The lowest BCUT2D eigenvalue weighted by Gasteiger charge is -2.20. The minimum absolute atomic E-state index is 0.139. The second-order valence-electron chi connectivity index (χ2n) is 7.19. The molecule has 1 aromatic carbocycles. The topological polar surface area (TPSA) is 108 Å². The van der Waals surface area contributed by atoms with Crippen LogP contribution in [-0.4, -0.2) is 46.3 Å². The molecule has 1 aromatic heterocycles. The lowest BCUT2D eigenvalue weighted by molar-refractivity contribution is -0.116. The van der Waals surface area contributed by atoms with Crippen molar-refractivity contribution in [1.82, 2.24) is 25.4 Å². The van der Waals surface area contributed by atoms with Gasteiger partial charge >= 0.3 is 12.1 Å². The molecule has 0 bridgehead atoms. The summed E-state index contributed by atoms with van der Waals surface area (Å²) in [5, 5.41) is 11.9. The molecule has 28 heavy (non-hydrogen) atoms. The number of rotatable bonds is 6. The van der Waals surface area contributed by atoms with Gasteiger partial charge in [-0.05, 0) is 37.6 Å². The number of hydrogen-bond acceptors (Lipinski definition) is 3. The summed E-state index contributed by atoms with van der Waals surface area (Å²) in [4.78, 5) is 37.2. The van der Waals surface area contributed by atoms with E-state index >= 15 is 0 Å². The predicted molar refractivity (Wildman–Crippen MR) is 105 cm³/mol. The van der Waals surface area contributed by atoms with E-state index in [-0.39, 0.29) is 30.9 Å². The second kappa shape index (κ2) is 7.06. The van der Waals surface area contributed by atoms with Gasteiger partial charge in [0.25, 0.3) is 0 Å². The molecule has 2 aliphatic heterocycles. The van der Waals surface area contributed by atoms with Crippen LogP contribution >= 0.6 is 0 Å². The van der Waals surface area contributed by atoms with E-state index in [2.05, 4.69) is 45.7 Å². The van der Waals surface area contributed by atoms with Crippen molar-refractivity contribution in [2.75, 3.05) is 11.9 Å². The molecular formula is C19H24N6O3. The van der Waals surface area contributed by atoms with Crippen LogP contribution in [0, 0.1) is 6.92 Å². The van der Waals surface area contributed by atoms with E-state index in [1.165, 1.54) is 10.6 Å². The fourth-order valence-corrected chi connectivity index (χ4v) is 3.89. The van der Waals surface area contributed by atoms with Crippen LogP contribution in [0.1, 0.15) is 25.5 Å². The summed E-state index contributed by atoms with van der Waals surface area (Å²) < 4.78 is 2.27. The largest absolute Gasteiger partial charge is 0.345 e. The Kier molecular flexibility index (Phi) is 4.58. The molecule has 2 fully saturated rings. The van der Waals surface area contributed by atoms with Gasteiger partial charge in [0.15, 0.2) is 0 Å². The highest BCUT2D eigenvalue weighted by Gasteiger charge is 2.45. The Morgan fingerprint density at radius 2 is 1.96 bits per heavy atom. The summed E-state index contributed by atoms with van der Waals surface area (Å²) in [5.74, 6) is -0.183. The Hall–Kier alpha value is -3.23. The first-order valence-corrected chi connectivity index (χ1v) is 9.50. The number of fused-ring (bicyclic) bond motifs is 2. The van der Waals surface area contributed by atoms with Crippen LogP contribution in [0.15, 0.2) is 24.3 Å². The third-order valence-corrected chi connectivity index (χ3v) is 5.18. The summed E-state index contributed by atoms with van der Waals surface area (Å²) in [6.07, 6.45) is 0.275. The average molecular weight is 384 g/mol. The number of hydrogen-bond donors (Lipinski definition) is 4. The summed E-state index contributed by atoms with van der Waals surface area (Å²) in [6, 6.07) is 7.36. The summed E-state index contributed by atoms with van der Waals surface area (Å²) in [5.41, 5.74) is 3.08. The Morgan fingerprint density at radius 1 is 1.14 bits per heavy atom. The number of carbonyl (C=O) groups excluding carboxylic acids is 3. The smallest absolute Gasteiger partial charge is 0.320 e. The lowest BCUT2D eigenvalue weighted by atomic mass is 10.2. The quantitative estimate of drug-likeness (QED) is 0.609. The Bertz CT molecular complexity index is 953. The minimum atomic E-state index is -0.467. The Morgan fingerprint density at radius 3 is 2.75 bits per heavy atom. The summed E-state index contributed by atoms with van der Waals surface area (Å²) in [7, 11) is 0. The maximum absolute atomic E-state index is 12.4. The van der Waals surface area contributed by atoms with Gasteiger partial charge in [-0.15, -0.1) is 0 Å². The van der Waals surface area contributed by atoms with Crippen molar-refractivity contribution in [2.45, 2.75) is 45.6 Å². The van der Waals surface area contributed by atoms with Crippen molar-refractivity contribution >= 4 is 34.6 Å². The zero-order valence-corrected chi connectivity index (χ0v) is 15.9. The van der Waals surface area contributed by atoms with Crippen LogP contribution in [0.5, 0.6) is 0 Å². The third-order valence-electron chi connectivity index (χ3n) is 5.18. The number of nitrogens with zero attached hydrogens (tertiary/aromatic N) is 2. The van der Waals surface area contributed by atoms with Gasteiger partial charge in [0.2, 0.25) is 5.91 Å². The van der Waals surface area contributed by atoms with Gasteiger partial charge in [-0.2, -0.15) is 0 Å². The van der Waals surface area contributed by atoms with Crippen molar-refractivity contribution in [3.8, 4) is 0 Å². The number of anilines is 1. The predicted octanol–water partition coefficient (Wildman–Crippen LogP) is 1.68. The molecule has 0 unspecified atom stereocenters. The molecule has 4 rings (SSSR count). The standard InChI is InChI=1S/C19H24N6O3/c1-3-7-24-11(2)9-12-10-13(4-5-14(12)24)20-15(26)6-8-25-17-16(22-19(25)28)21-18(27)23-17/h4-5,9-10,16-17H,3,6-8H2,1-2H3,(H,20,26)(H,22,28)(H2,21,23,27)/t16-,17-/m0/s1. The number of benzene rings is 1. The van der Waals surface area contributed by atoms with E-state index in [0.717, 1.165) is 29.6 Å². The van der Waals surface area contributed by atoms with E-state index in [1.807, 2.05) is 18.2 Å². The van der Waals surface area contributed by atoms with Crippen LogP contribution < -0.4 is 21.3 Å². The summed E-state index contributed by atoms with van der Waals surface area (Å²) in [6.45, 7) is 5.41. The van der Waals surface area contributed by atoms with Gasteiger partial charge in [0.1, 0.15) is 12.3 Å². The molecule has 9 nitrogen and oxygen atoms in total. The SMILES string of the molecule is CCCn1c(C)cc2cc(NC(=O)CCN3C(=O)N[C@@H]4NC(=O)N[C@H]43)ccc21. The molecule has 9 heteroatoms.